The number of benzene rings is 1. The van der Waals surface area contributed by atoms with Gasteiger partial charge in [-0.15, -0.1) is 0 Å². The molecule has 0 aromatic heterocycles. The molecule has 0 radical (unpaired) electrons. The third-order valence-corrected chi connectivity index (χ3v) is 4.16. The first-order valence-corrected chi connectivity index (χ1v) is 7.21. The van der Waals surface area contributed by atoms with E-state index in [4.69, 9.17) is 5.73 Å². The van der Waals surface area contributed by atoms with Crippen molar-refractivity contribution in [3.05, 3.63) is 29.8 Å². The molecule has 5 heteroatoms. The number of likely N-dealkylation sites (tertiary alicyclic amines) is 1. The molecule has 1 aromatic rings. The zero-order chi connectivity index (χ0) is 15.6. The van der Waals surface area contributed by atoms with Crippen molar-refractivity contribution < 1.29 is 9.59 Å². The number of nitrogens with one attached hydrogen (secondary N) is 1. The molecule has 0 bridgehead atoms. The van der Waals surface area contributed by atoms with Gasteiger partial charge in [0.15, 0.2) is 0 Å². The van der Waals surface area contributed by atoms with Crippen LogP contribution in [0.4, 0.5) is 5.69 Å². The van der Waals surface area contributed by atoms with Crippen LogP contribution in [0.1, 0.15) is 32.3 Å². The van der Waals surface area contributed by atoms with Gasteiger partial charge in [0.05, 0.1) is 5.41 Å². The van der Waals surface area contributed by atoms with E-state index in [9.17, 15) is 9.59 Å². The first kappa shape index (κ1) is 15.4. The van der Waals surface area contributed by atoms with Gasteiger partial charge in [-0.25, -0.2) is 0 Å². The van der Waals surface area contributed by atoms with Gasteiger partial charge in [-0.2, -0.15) is 0 Å². The predicted molar refractivity (Wildman–Crippen MR) is 82.7 cm³/mol. The SMILES string of the molecule is CN1CC(NC(=O)C(C)(C)c2ccc(N)cc2)CCC1=O. The molecule has 2 rings (SSSR count). The van der Waals surface area contributed by atoms with Crippen LogP contribution in [0.15, 0.2) is 24.3 Å². The van der Waals surface area contributed by atoms with Crippen molar-refractivity contribution in [1.82, 2.24) is 10.2 Å². The van der Waals surface area contributed by atoms with Crippen molar-refractivity contribution in [3.63, 3.8) is 0 Å². The highest BCUT2D eigenvalue weighted by molar-refractivity contribution is 5.88. The maximum absolute atomic E-state index is 12.6. The Bertz CT molecular complexity index is 537. The number of carbonyl (C=O) groups excluding carboxylic acids is 2. The monoisotopic (exact) mass is 289 g/mol. The molecule has 1 fully saturated rings. The Kier molecular flexibility index (Phi) is 4.21. The quantitative estimate of drug-likeness (QED) is 0.823. The fraction of sp³-hybridized carbons (Fsp3) is 0.500. The van der Waals surface area contributed by atoms with Gasteiger partial charge in [-0.3, -0.25) is 9.59 Å². The molecule has 1 aliphatic rings. The van der Waals surface area contributed by atoms with Crippen molar-refractivity contribution in [2.45, 2.75) is 38.1 Å². The summed E-state index contributed by atoms with van der Waals surface area (Å²) in [6, 6.07) is 7.39. The van der Waals surface area contributed by atoms with E-state index in [1.807, 2.05) is 26.0 Å². The van der Waals surface area contributed by atoms with Crippen LogP contribution >= 0.6 is 0 Å². The second kappa shape index (κ2) is 5.76. The number of likely N-dealkylation sites (N-methyl/N-ethyl adjacent to an activating group) is 1. The minimum atomic E-state index is -0.631. The van der Waals surface area contributed by atoms with Gasteiger partial charge in [0, 0.05) is 31.7 Å². The standard InChI is InChI=1S/C16H23N3O2/c1-16(2,11-4-6-12(17)7-5-11)15(21)18-13-8-9-14(20)19(3)10-13/h4-7,13H,8-10,17H2,1-3H3,(H,18,21). The van der Waals surface area contributed by atoms with E-state index in [-0.39, 0.29) is 17.9 Å². The van der Waals surface area contributed by atoms with E-state index in [1.54, 1.807) is 24.1 Å². The van der Waals surface area contributed by atoms with Crippen molar-refractivity contribution >= 4 is 17.5 Å². The Hall–Kier alpha value is -2.04. The van der Waals surface area contributed by atoms with Crippen molar-refractivity contribution in [2.24, 2.45) is 0 Å². The third kappa shape index (κ3) is 3.35. The number of nitrogen functional groups attached to an aromatic ring is 1. The number of piperidine rings is 1. The van der Waals surface area contributed by atoms with Crippen LogP contribution in [0.3, 0.4) is 0 Å². The summed E-state index contributed by atoms with van der Waals surface area (Å²) >= 11 is 0. The fourth-order valence-corrected chi connectivity index (χ4v) is 2.53. The number of anilines is 1. The summed E-state index contributed by atoms with van der Waals surface area (Å²) in [6.45, 7) is 4.36. The average Bonchev–Trinajstić information content (AvgIpc) is 2.43. The van der Waals surface area contributed by atoms with Gasteiger partial charge >= 0.3 is 0 Å². The fourth-order valence-electron chi connectivity index (χ4n) is 2.53. The molecule has 1 aromatic carbocycles. The van der Waals surface area contributed by atoms with Gasteiger partial charge in [0.2, 0.25) is 11.8 Å². The van der Waals surface area contributed by atoms with Crippen LogP contribution in [-0.2, 0) is 15.0 Å². The molecule has 5 nitrogen and oxygen atoms in total. The van der Waals surface area contributed by atoms with Gasteiger partial charge in [-0.05, 0) is 38.0 Å². The van der Waals surface area contributed by atoms with E-state index in [2.05, 4.69) is 5.32 Å². The first-order chi connectivity index (χ1) is 9.80. The minimum absolute atomic E-state index is 0.0215. The summed E-state index contributed by atoms with van der Waals surface area (Å²) < 4.78 is 0. The Balaban J connectivity index is 2.05. The lowest BCUT2D eigenvalue weighted by molar-refractivity contribution is -0.134. The molecule has 1 aliphatic heterocycles. The molecule has 0 saturated carbocycles. The maximum atomic E-state index is 12.6. The lowest BCUT2D eigenvalue weighted by atomic mass is 9.83. The molecule has 21 heavy (non-hydrogen) atoms. The van der Waals surface area contributed by atoms with Crippen LogP contribution in [0.5, 0.6) is 0 Å². The van der Waals surface area contributed by atoms with Crippen LogP contribution < -0.4 is 11.1 Å². The van der Waals surface area contributed by atoms with Gasteiger partial charge in [0.25, 0.3) is 0 Å². The minimum Gasteiger partial charge on any atom is -0.399 e. The van der Waals surface area contributed by atoms with Crippen molar-refractivity contribution in [3.8, 4) is 0 Å². The molecule has 0 aliphatic carbocycles. The molecular formula is C16H23N3O2. The highest BCUT2D eigenvalue weighted by Gasteiger charge is 2.33. The number of carbonyl (C=O) groups is 2. The molecule has 3 N–H and O–H groups in total. The topological polar surface area (TPSA) is 75.4 Å². The molecule has 1 heterocycles. The molecule has 1 unspecified atom stereocenters. The zero-order valence-corrected chi connectivity index (χ0v) is 12.8. The Morgan fingerprint density at radius 2 is 1.95 bits per heavy atom. The largest absolute Gasteiger partial charge is 0.399 e. The highest BCUT2D eigenvalue weighted by atomic mass is 16.2. The summed E-state index contributed by atoms with van der Waals surface area (Å²) in [7, 11) is 1.77. The molecule has 1 atom stereocenters. The number of amides is 2. The molecule has 1 saturated heterocycles. The van der Waals surface area contributed by atoms with Gasteiger partial charge < -0.3 is 16.0 Å². The van der Waals surface area contributed by atoms with E-state index in [1.165, 1.54) is 0 Å². The number of rotatable bonds is 3. The van der Waals surface area contributed by atoms with Gasteiger partial charge in [0.1, 0.15) is 0 Å². The normalized spacial score (nSPS) is 19.5. The van der Waals surface area contributed by atoms with Crippen molar-refractivity contribution in [2.75, 3.05) is 19.3 Å². The Morgan fingerprint density at radius 3 is 2.52 bits per heavy atom. The van der Waals surface area contributed by atoms with Crippen LogP contribution in [-0.4, -0.2) is 36.3 Å². The average molecular weight is 289 g/mol. The third-order valence-electron chi connectivity index (χ3n) is 4.16. The lowest BCUT2D eigenvalue weighted by Crippen LogP contribution is -2.52. The van der Waals surface area contributed by atoms with E-state index in [0.717, 1.165) is 5.56 Å². The smallest absolute Gasteiger partial charge is 0.230 e. The molecule has 0 spiro atoms. The summed E-state index contributed by atoms with van der Waals surface area (Å²) in [5.74, 6) is 0.110. The highest BCUT2D eigenvalue weighted by Crippen LogP contribution is 2.25. The van der Waals surface area contributed by atoms with Crippen molar-refractivity contribution in [1.29, 1.82) is 0 Å². The second-order valence-electron chi connectivity index (χ2n) is 6.23. The summed E-state index contributed by atoms with van der Waals surface area (Å²) in [6.07, 6.45) is 1.19. The lowest BCUT2D eigenvalue weighted by Gasteiger charge is -2.33. The number of hydrogen-bond acceptors (Lipinski definition) is 3. The number of nitrogens with two attached hydrogens (primary N) is 1. The number of nitrogens with zero attached hydrogens (tertiary/aromatic N) is 1. The van der Waals surface area contributed by atoms with Crippen LogP contribution in [0.25, 0.3) is 0 Å². The van der Waals surface area contributed by atoms with E-state index < -0.39 is 5.41 Å². The summed E-state index contributed by atoms with van der Waals surface area (Å²) in [5, 5.41) is 3.06. The zero-order valence-electron chi connectivity index (χ0n) is 12.8. The molecular weight excluding hydrogens is 266 g/mol. The number of hydrogen-bond donors (Lipinski definition) is 2. The van der Waals surface area contributed by atoms with Gasteiger partial charge in [-0.1, -0.05) is 12.1 Å². The van der Waals surface area contributed by atoms with Crippen LogP contribution in [0, 0.1) is 0 Å². The molecule has 114 valence electrons. The Morgan fingerprint density at radius 1 is 1.33 bits per heavy atom. The summed E-state index contributed by atoms with van der Waals surface area (Å²) in [5.41, 5.74) is 6.66. The van der Waals surface area contributed by atoms with Crippen LogP contribution in [0.2, 0.25) is 0 Å². The second-order valence-corrected chi connectivity index (χ2v) is 6.23. The Labute approximate surface area is 125 Å². The first-order valence-electron chi connectivity index (χ1n) is 7.21. The van der Waals surface area contributed by atoms with E-state index in [0.29, 0.717) is 25.1 Å². The predicted octanol–water partition coefficient (Wildman–Crippen LogP) is 1.28. The molecule has 2 amide bonds. The maximum Gasteiger partial charge on any atom is 0.230 e. The summed E-state index contributed by atoms with van der Waals surface area (Å²) in [4.78, 5) is 25.7. The van der Waals surface area contributed by atoms with E-state index >= 15 is 0 Å².